The Hall–Kier alpha value is -1.48. The zero-order valence-corrected chi connectivity index (χ0v) is 13.9. The van der Waals surface area contributed by atoms with Crippen molar-refractivity contribution in [3.8, 4) is 11.5 Å². The summed E-state index contributed by atoms with van der Waals surface area (Å²) in [6.07, 6.45) is 9.12. The molecule has 3 heteroatoms. The predicted octanol–water partition coefficient (Wildman–Crippen LogP) is 3.62. The van der Waals surface area contributed by atoms with E-state index in [-0.39, 0.29) is 5.41 Å². The largest absolute Gasteiger partial charge is 0.504 e. The van der Waals surface area contributed by atoms with Gasteiger partial charge in [0.05, 0.1) is 7.11 Å². The minimum atomic E-state index is 0.231. The molecule has 0 bridgehead atoms. The van der Waals surface area contributed by atoms with Gasteiger partial charge in [-0.1, -0.05) is 25.1 Å². The number of aromatic hydroxyl groups is 1. The summed E-state index contributed by atoms with van der Waals surface area (Å²) in [5.74, 6) is 1.85. The summed E-state index contributed by atoms with van der Waals surface area (Å²) < 4.78 is 5.34. The molecule has 0 saturated heterocycles. The molecule has 0 aromatic heterocycles. The van der Waals surface area contributed by atoms with Gasteiger partial charge >= 0.3 is 0 Å². The molecule has 0 fully saturated rings. The van der Waals surface area contributed by atoms with Crippen LogP contribution in [0.3, 0.4) is 0 Å². The molecular weight excluding hydrogens is 274 g/mol. The number of fused-ring (bicyclic) bond motifs is 3. The molecule has 0 spiro atoms. The lowest BCUT2D eigenvalue weighted by molar-refractivity contribution is 0.222. The van der Waals surface area contributed by atoms with Crippen molar-refractivity contribution in [1.82, 2.24) is 5.32 Å². The van der Waals surface area contributed by atoms with Crippen molar-refractivity contribution in [2.75, 3.05) is 20.7 Å². The first kappa shape index (κ1) is 15.4. The highest BCUT2D eigenvalue weighted by Gasteiger charge is 2.39. The Balaban J connectivity index is 2.13. The van der Waals surface area contributed by atoms with Crippen LogP contribution in [-0.4, -0.2) is 25.8 Å². The number of benzene rings is 1. The molecule has 2 aliphatic rings. The SMILES string of the molecule is CNCC1(C)Cc2ccc(OC)c(O)c2C2C=CCCC2C1. The number of nitrogens with one attached hydrogen (secondary N) is 1. The highest BCUT2D eigenvalue weighted by molar-refractivity contribution is 5.54. The Morgan fingerprint density at radius 2 is 2.23 bits per heavy atom. The van der Waals surface area contributed by atoms with E-state index in [1.165, 1.54) is 18.4 Å². The van der Waals surface area contributed by atoms with E-state index in [0.717, 1.165) is 24.9 Å². The molecule has 22 heavy (non-hydrogen) atoms. The normalized spacial score (nSPS) is 30.3. The third-order valence-corrected chi connectivity index (χ3v) is 5.35. The van der Waals surface area contributed by atoms with Crippen LogP contribution < -0.4 is 10.1 Å². The Morgan fingerprint density at radius 3 is 2.95 bits per heavy atom. The monoisotopic (exact) mass is 301 g/mol. The maximum Gasteiger partial charge on any atom is 0.161 e. The quantitative estimate of drug-likeness (QED) is 0.838. The molecule has 0 heterocycles. The minimum Gasteiger partial charge on any atom is -0.504 e. The molecule has 1 aromatic rings. The third-order valence-electron chi connectivity index (χ3n) is 5.35. The average Bonchev–Trinajstić information content (AvgIpc) is 2.61. The second kappa shape index (κ2) is 5.96. The van der Waals surface area contributed by atoms with Crippen LogP contribution in [0.1, 0.15) is 43.2 Å². The summed E-state index contributed by atoms with van der Waals surface area (Å²) in [4.78, 5) is 0. The Morgan fingerprint density at radius 1 is 1.41 bits per heavy atom. The van der Waals surface area contributed by atoms with E-state index in [1.54, 1.807) is 7.11 Å². The molecule has 0 amide bonds. The van der Waals surface area contributed by atoms with Crippen molar-refractivity contribution in [2.45, 2.75) is 38.5 Å². The van der Waals surface area contributed by atoms with Gasteiger partial charge in [-0.15, -0.1) is 0 Å². The van der Waals surface area contributed by atoms with Crippen LogP contribution in [0.2, 0.25) is 0 Å². The maximum absolute atomic E-state index is 10.7. The molecule has 3 nitrogen and oxygen atoms in total. The number of allylic oxidation sites excluding steroid dienone is 2. The number of hydrogen-bond acceptors (Lipinski definition) is 3. The highest BCUT2D eigenvalue weighted by atomic mass is 16.5. The number of rotatable bonds is 3. The molecule has 120 valence electrons. The molecule has 3 rings (SSSR count). The van der Waals surface area contributed by atoms with Crippen LogP contribution in [0.15, 0.2) is 24.3 Å². The van der Waals surface area contributed by atoms with Crippen molar-refractivity contribution in [3.05, 3.63) is 35.4 Å². The van der Waals surface area contributed by atoms with Crippen LogP contribution in [-0.2, 0) is 6.42 Å². The summed E-state index contributed by atoms with van der Waals surface area (Å²) in [5.41, 5.74) is 2.60. The first-order valence-corrected chi connectivity index (χ1v) is 8.28. The van der Waals surface area contributed by atoms with Gasteiger partial charge in [0.15, 0.2) is 11.5 Å². The van der Waals surface area contributed by atoms with Crippen molar-refractivity contribution in [3.63, 3.8) is 0 Å². The van der Waals surface area contributed by atoms with E-state index in [4.69, 9.17) is 4.74 Å². The molecule has 2 aliphatic carbocycles. The number of phenols is 1. The van der Waals surface area contributed by atoms with Crippen LogP contribution >= 0.6 is 0 Å². The van der Waals surface area contributed by atoms with Crippen molar-refractivity contribution in [1.29, 1.82) is 0 Å². The standard InChI is InChI=1S/C19H27NO2/c1-19(12-20-2)10-13-6-4-5-7-15(13)17-14(11-19)8-9-16(22-3)18(17)21/h5,7-9,13,15,20-21H,4,6,10-12H2,1-3H3. The summed E-state index contributed by atoms with van der Waals surface area (Å²) in [6, 6.07) is 4.05. The molecule has 0 saturated carbocycles. The smallest absolute Gasteiger partial charge is 0.161 e. The van der Waals surface area contributed by atoms with Crippen LogP contribution in [0.4, 0.5) is 0 Å². The van der Waals surface area contributed by atoms with E-state index in [0.29, 0.717) is 23.3 Å². The molecule has 3 atom stereocenters. The second-order valence-corrected chi connectivity index (χ2v) is 7.20. The molecule has 0 radical (unpaired) electrons. The van der Waals surface area contributed by atoms with Gasteiger partial charge in [-0.05, 0) is 55.7 Å². The summed E-state index contributed by atoms with van der Waals surface area (Å²) in [5, 5.41) is 14.1. The molecule has 2 N–H and O–H groups in total. The molecule has 3 unspecified atom stereocenters. The van der Waals surface area contributed by atoms with Gasteiger partial charge in [-0.25, -0.2) is 0 Å². The predicted molar refractivity (Wildman–Crippen MR) is 89.6 cm³/mol. The first-order chi connectivity index (χ1) is 10.6. The summed E-state index contributed by atoms with van der Waals surface area (Å²) in [7, 11) is 3.65. The van der Waals surface area contributed by atoms with Crippen LogP contribution in [0.5, 0.6) is 11.5 Å². The minimum absolute atomic E-state index is 0.231. The van der Waals surface area contributed by atoms with Crippen molar-refractivity contribution < 1.29 is 9.84 Å². The average molecular weight is 301 g/mol. The van der Waals surface area contributed by atoms with Crippen LogP contribution in [0.25, 0.3) is 0 Å². The van der Waals surface area contributed by atoms with Gasteiger partial charge in [-0.3, -0.25) is 0 Å². The van der Waals surface area contributed by atoms with Crippen molar-refractivity contribution >= 4 is 0 Å². The van der Waals surface area contributed by atoms with Crippen molar-refractivity contribution in [2.24, 2.45) is 11.3 Å². The van der Waals surface area contributed by atoms with E-state index >= 15 is 0 Å². The van der Waals surface area contributed by atoms with Gasteiger partial charge in [0.2, 0.25) is 0 Å². The zero-order chi connectivity index (χ0) is 15.7. The Kier molecular flexibility index (Phi) is 4.18. The second-order valence-electron chi connectivity index (χ2n) is 7.20. The summed E-state index contributed by atoms with van der Waals surface area (Å²) >= 11 is 0. The van der Waals surface area contributed by atoms with E-state index < -0.39 is 0 Å². The fourth-order valence-electron chi connectivity index (χ4n) is 4.50. The Bertz CT molecular complexity index is 581. The lowest BCUT2D eigenvalue weighted by Crippen LogP contribution is -2.33. The highest BCUT2D eigenvalue weighted by Crippen LogP contribution is 2.51. The van der Waals surface area contributed by atoms with E-state index in [9.17, 15) is 5.11 Å². The number of phenolic OH excluding ortho intramolecular Hbond substituents is 1. The number of ether oxygens (including phenoxy) is 1. The number of methoxy groups -OCH3 is 1. The zero-order valence-electron chi connectivity index (χ0n) is 13.9. The lowest BCUT2D eigenvalue weighted by Gasteiger charge is -2.34. The first-order valence-electron chi connectivity index (χ1n) is 8.28. The molecule has 1 aromatic carbocycles. The Labute approximate surface area is 133 Å². The maximum atomic E-state index is 10.7. The van der Waals surface area contributed by atoms with Gasteiger partial charge in [0.1, 0.15) is 0 Å². The fraction of sp³-hybridized carbons (Fsp3) is 0.579. The van der Waals surface area contributed by atoms with E-state index in [2.05, 4.69) is 30.5 Å². The van der Waals surface area contributed by atoms with Gasteiger partial charge < -0.3 is 15.2 Å². The molecular formula is C19H27NO2. The van der Waals surface area contributed by atoms with Gasteiger partial charge in [0.25, 0.3) is 0 Å². The number of hydrogen-bond donors (Lipinski definition) is 2. The van der Waals surface area contributed by atoms with Crippen LogP contribution in [0, 0.1) is 11.3 Å². The summed E-state index contributed by atoms with van der Waals surface area (Å²) in [6.45, 7) is 3.38. The molecule has 0 aliphatic heterocycles. The topological polar surface area (TPSA) is 41.5 Å². The van der Waals surface area contributed by atoms with Gasteiger partial charge in [0, 0.05) is 18.0 Å². The van der Waals surface area contributed by atoms with E-state index in [1.807, 2.05) is 13.1 Å². The fourth-order valence-corrected chi connectivity index (χ4v) is 4.50. The van der Waals surface area contributed by atoms with Gasteiger partial charge in [-0.2, -0.15) is 0 Å². The lowest BCUT2D eigenvalue weighted by atomic mass is 9.73. The third kappa shape index (κ3) is 2.63.